The lowest BCUT2D eigenvalue weighted by Gasteiger charge is -2.28. The molecule has 0 aliphatic rings. The molecule has 0 radical (unpaired) electrons. The van der Waals surface area contributed by atoms with Crippen molar-refractivity contribution in [3.63, 3.8) is 0 Å². The summed E-state index contributed by atoms with van der Waals surface area (Å²) in [6.45, 7) is 3.61. The van der Waals surface area contributed by atoms with Gasteiger partial charge in [0.1, 0.15) is 6.04 Å². The predicted octanol–water partition coefficient (Wildman–Crippen LogP) is 1.90. The zero-order valence-corrected chi connectivity index (χ0v) is 12.6. The van der Waals surface area contributed by atoms with E-state index >= 15 is 0 Å². The second-order valence-electron chi connectivity index (χ2n) is 4.90. The number of hydrogen-bond acceptors (Lipinski definition) is 5. The summed E-state index contributed by atoms with van der Waals surface area (Å²) in [4.78, 5) is 22.2. The van der Waals surface area contributed by atoms with Crippen LogP contribution in [-0.4, -0.2) is 34.9 Å². The van der Waals surface area contributed by atoms with E-state index in [1.807, 2.05) is 12.1 Å². The minimum Gasteiger partial charge on any atom is -0.480 e. The highest BCUT2D eigenvalue weighted by Crippen LogP contribution is 2.30. The molecule has 0 unspecified atom stereocenters. The number of carbonyl (C=O) groups excluding carboxylic acids is 1. The quantitative estimate of drug-likeness (QED) is 0.779. The molecule has 0 saturated carbocycles. The molecule has 0 aromatic heterocycles. The van der Waals surface area contributed by atoms with Crippen molar-refractivity contribution in [2.75, 3.05) is 7.11 Å². The maximum atomic E-state index is 11.3. The van der Waals surface area contributed by atoms with Gasteiger partial charge in [0, 0.05) is 10.5 Å². The molecular weight excluding hydrogens is 278 g/mol. The molecule has 110 valence electrons. The summed E-state index contributed by atoms with van der Waals surface area (Å²) in [6, 6.07) is 6.09. The van der Waals surface area contributed by atoms with Gasteiger partial charge in [-0.25, -0.2) is 4.79 Å². The molecule has 5 nitrogen and oxygen atoms in total. The molecule has 0 aliphatic heterocycles. The smallest absolute Gasteiger partial charge is 0.337 e. The average molecular weight is 297 g/mol. The monoisotopic (exact) mass is 297 g/mol. The first-order valence-electron chi connectivity index (χ1n) is 6.07. The van der Waals surface area contributed by atoms with E-state index < -0.39 is 16.8 Å². The molecule has 0 heterocycles. The van der Waals surface area contributed by atoms with Crippen LogP contribution in [0.5, 0.6) is 0 Å². The van der Waals surface area contributed by atoms with Gasteiger partial charge in [0.25, 0.3) is 0 Å². The van der Waals surface area contributed by atoms with Gasteiger partial charge in [-0.15, -0.1) is 11.8 Å². The molecule has 1 aromatic rings. The van der Waals surface area contributed by atoms with Crippen molar-refractivity contribution in [2.24, 2.45) is 5.73 Å². The molecule has 20 heavy (non-hydrogen) atoms. The summed E-state index contributed by atoms with van der Waals surface area (Å²) in [5, 5.41) is 8.95. The normalized spacial score (nSPS) is 12.8. The molecule has 1 atom stereocenters. The van der Waals surface area contributed by atoms with Gasteiger partial charge in [0.05, 0.1) is 12.7 Å². The standard InChI is InChI=1S/C14H19NO4S/c1-14(2,11(15)12(16)17)20-8-9-4-6-10(7-5-9)13(18)19-3/h4-7,11H,8,15H2,1-3H3,(H,16,17)/t11-/m1/s1. The summed E-state index contributed by atoms with van der Waals surface area (Å²) in [7, 11) is 1.34. The van der Waals surface area contributed by atoms with Crippen LogP contribution in [0.1, 0.15) is 29.8 Å². The minimum atomic E-state index is -1.01. The Balaban J connectivity index is 2.66. The number of carbonyl (C=O) groups is 2. The molecule has 3 N–H and O–H groups in total. The van der Waals surface area contributed by atoms with Gasteiger partial charge in [-0.2, -0.15) is 0 Å². The van der Waals surface area contributed by atoms with E-state index in [1.165, 1.54) is 18.9 Å². The summed E-state index contributed by atoms with van der Waals surface area (Å²) >= 11 is 1.47. The Morgan fingerprint density at radius 2 is 1.90 bits per heavy atom. The number of methoxy groups -OCH3 is 1. The first-order chi connectivity index (χ1) is 9.27. The van der Waals surface area contributed by atoms with Gasteiger partial charge in [0.15, 0.2) is 0 Å². The van der Waals surface area contributed by atoms with E-state index in [0.29, 0.717) is 11.3 Å². The van der Waals surface area contributed by atoms with Crippen molar-refractivity contribution in [1.82, 2.24) is 0 Å². The number of carboxylic acid groups (broad SMARTS) is 1. The zero-order valence-electron chi connectivity index (χ0n) is 11.8. The molecule has 0 amide bonds. The van der Waals surface area contributed by atoms with E-state index in [-0.39, 0.29) is 5.97 Å². The van der Waals surface area contributed by atoms with Crippen molar-refractivity contribution >= 4 is 23.7 Å². The van der Waals surface area contributed by atoms with Gasteiger partial charge in [-0.1, -0.05) is 12.1 Å². The van der Waals surface area contributed by atoms with E-state index in [2.05, 4.69) is 4.74 Å². The Labute approximate surface area is 122 Å². The fourth-order valence-corrected chi connectivity index (χ4v) is 2.52. The second kappa shape index (κ2) is 6.76. The van der Waals surface area contributed by atoms with Crippen LogP contribution in [0.2, 0.25) is 0 Å². The fourth-order valence-electron chi connectivity index (χ4n) is 1.51. The third kappa shape index (κ3) is 4.25. The van der Waals surface area contributed by atoms with Gasteiger partial charge < -0.3 is 15.6 Å². The topological polar surface area (TPSA) is 89.6 Å². The van der Waals surface area contributed by atoms with E-state index in [9.17, 15) is 9.59 Å². The van der Waals surface area contributed by atoms with Crippen molar-refractivity contribution in [3.05, 3.63) is 35.4 Å². The van der Waals surface area contributed by atoms with Crippen LogP contribution in [0, 0.1) is 0 Å². The molecule has 0 spiro atoms. The van der Waals surface area contributed by atoms with Crippen LogP contribution in [0.3, 0.4) is 0 Å². The van der Waals surface area contributed by atoms with Crippen molar-refractivity contribution < 1.29 is 19.4 Å². The Morgan fingerprint density at radius 3 is 2.35 bits per heavy atom. The third-order valence-electron chi connectivity index (χ3n) is 3.00. The number of benzene rings is 1. The third-order valence-corrected chi connectivity index (χ3v) is 4.48. The molecule has 6 heteroatoms. The molecule has 0 fully saturated rings. The first-order valence-corrected chi connectivity index (χ1v) is 7.06. The predicted molar refractivity (Wildman–Crippen MR) is 78.8 cm³/mol. The summed E-state index contributed by atoms with van der Waals surface area (Å²) in [5.74, 6) is -0.768. The van der Waals surface area contributed by atoms with Crippen LogP contribution in [0.25, 0.3) is 0 Å². The van der Waals surface area contributed by atoms with E-state index in [1.54, 1.807) is 26.0 Å². The van der Waals surface area contributed by atoms with Crippen molar-refractivity contribution in [3.8, 4) is 0 Å². The summed E-state index contributed by atoms with van der Waals surface area (Å²) in [5.41, 5.74) is 7.14. The molecule has 1 rings (SSSR count). The SMILES string of the molecule is COC(=O)c1ccc(CSC(C)(C)[C@H](N)C(=O)O)cc1. The highest BCUT2D eigenvalue weighted by Gasteiger charge is 2.32. The molecule has 0 saturated heterocycles. The number of thioether (sulfide) groups is 1. The van der Waals surface area contributed by atoms with E-state index in [4.69, 9.17) is 10.8 Å². The number of hydrogen-bond donors (Lipinski definition) is 2. The van der Waals surface area contributed by atoms with Gasteiger partial charge in [0.2, 0.25) is 0 Å². The fraction of sp³-hybridized carbons (Fsp3) is 0.429. The summed E-state index contributed by atoms with van der Waals surface area (Å²) in [6.07, 6.45) is 0. The van der Waals surface area contributed by atoms with Gasteiger partial charge >= 0.3 is 11.9 Å². The number of esters is 1. The Bertz CT molecular complexity index is 484. The van der Waals surface area contributed by atoms with Crippen LogP contribution in [0.4, 0.5) is 0 Å². The Morgan fingerprint density at radius 1 is 1.35 bits per heavy atom. The highest BCUT2D eigenvalue weighted by molar-refractivity contribution is 7.99. The number of rotatable bonds is 6. The minimum absolute atomic E-state index is 0.377. The number of carboxylic acids is 1. The largest absolute Gasteiger partial charge is 0.480 e. The molecular formula is C14H19NO4S. The van der Waals surface area contributed by atoms with Gasteiger partial charge in [-0.05, 0) is 31.5 Å². The number of aliphatic carboxylic acids is 1. The lowest BCUT2D eigenvalue weighted by molar-refractivity contribution is -0.139. The van der Waals surface area contributed by atoms with Crippen molar-refractivity contribution in [1.29, 1.82) is 0 Å². The lowest BCUT2D eigenvalue weighted by atomic mass is 10.1. The maximum absolute atomic E-state index is 11.3. The maximum Gasteiger partial charge on any atom is 0.337 e. The average Bonchev–Trinajstić information content (AvgIpc) is 2.44. The Hall–Kier alpha value is -1.53. The van der Waals surface area contributed by atoms with Crippen LogP contribution in [0.15, 0.2) is 24.3 Å². The van der Waals surface area contributed by atoms with Gasteiger partial charge in [-0.3, -0.25) is 4.79 Å². The van der Waals surface area contributed by atoms with Crippen molar-refractivity contribution in [2.45, 2.75) is 30.4 Å². The highest BCUT2D eigenvalue weighted by atomic mass is 32.2. The summed E-state index contributed by atoms with van der Waals surface area (Å²) < 4.78 is 4.05. The van der Waals surface area contributed by atoms with Crippen LogP contribution in [-0.2, 0) is 15.3 Å². The van der Waals surface area contributed by atoms with Crippen LogP contribution >= 0.6 is 11.8 Å². The number of nitrogens with two attached hydrogens (primary N) is 1. The first kappa shape index (κ1) is 16.5. The lowest BCUT2D eigenvalue weighted by Crippen LogP contribution is -2.46. The zero-order chi connectivity index (χ0) is 15.3. The van der Waals surface area contributed by atoms with E-state index in [0.717, 1.165) is 5.56 Å². The molecule has 1 aromatic carbocycles. The second-order valence-corrected chi connectivity index (χ2v) is 6.53. The Kier molecular flexibility index (Phi) is 5.59. The van der Waals surface area contributed by atoms with Crippen LogP contribution < -0.4 is 5.73 Å². The molecule has 0 bridgehead atoms. The number of ether oxygens (including phenoxy) is 1. The molecule has 0 aliphatic carbocycles.